The van der Waals surface area contributed by atoms with E-state index in [0.29, 0.717) is 22.9 Å². The summed E-state index contributed by atoms with van der Waals surface area (Å²) in [5.74, 6) is 3.18. The normalized spacial score (nSPS) is 22.2. The summed E-state index contributed by atoms with van der Waals surface area (Å²) in [6, 6.07) is 10.0. The fourth-order valence-corrected chi connectivity index (χ4v) is 6.67. The Morgan fingerprint density at radius 1 is 1.13 bits per heavy atom. The van der Waals surface area contributed by atoms with Gasteiger partial charge in [0.15, 0.2) is 0 Å². The molecule has 2 aliphatic rings. The fraction of sp³-hybridized carbons (Fsp3) is 0.286. The van der Waals surface area contributed by atoms with Crippen LogP contribution in [-0.2, 0) is 12.6 Å². The number of aromatic nitrogens is 7. The van der Waals surface area contributed by atoms with Crippen molar-refractivity contribution in [3.05, 3.63) is 60.4 Å². The average Bonchev–Trinajstić information content (AvgIpc) is 3.69. The van der Waals surface area contributed by atoms with Gasteiger partial charge in [-0.05, 0) is 44.2 Å². The number of amides is 1. The molecule has 2 aliphatic carbocycles. The number of hydrogen-bond acceptors (Lipinski definition) is 7. The quantitative estimate of drug-likeness (QED) is 0.360. The van der Waals surface area contributed by atoms with Crippen molar-refractivity contribution in [2.75, 3.05) is 5.73 Å². The summed E-state index contributed by atoms with van der Waals surface area (Å²) in [7, 11) is 1.71. The van der Waals surface area contributed by atoms with Crippen molar-refractivity contribution >= 4 is 33.7 Å². The number of benzene rings is 1. The van der Waals surface area contributed by atoms with Crippen LogP contribution in [0.1, 0.15) is 48.3 Å². The van der Waals surface area contributed by atoms with Gasteiger partial charge >= 0.3 is 0 Å². The number of nitrogens with two attached hydrogens (primary N) is 1. The van der Waals surface area contributed by atoms with E-state index in [9.17, 15) is 4.79 Å². The Morgan fingerprint density at radius 3 is 2.71 bits per heavy atom. The van der Waals surface area contributed by atoms with E-state index >= 15 is 0 Å². The summed E-state index contributed by atoms with van der Waals surface area (Å²) >= 11 is 0. The molecule has 0 unspecified atom stereocenters. The highest BCUT2D eigenvalue weighted by Gasteiger charge is 2.57. The minimum absolute atomic E-state index is 0.167. The summed E-state index contributed by atoms with van der Waals surface area (Å²) in [4.78, 5) is 26.8. The van der Waals surface area contributed by atoms with Crippen molar-refractivity contribution in [2.24, 2.45) is 7.05 Å². The number of anilines is 1. The zero-order chi connectivity index (χ0) is 26.1. The number of rotatable bonds is 4. The van der Waals surface area contributed by atoms with Crippen LogP contribution in [0.4, 0.5) is 5.82 Å². The topological polar surface area (TPSA) is 129 Å². The van der Waals surface area contributed by atoms with Crippen LogP contribution in [0.2, 0.25) is 0 Å². The highest BCUT2D eigenvalue weighted by atomic mass is 16.2. The molecule has 0 spiro atoms. The molecule has 3 N–H and O–H groups in total. The Kier molecular flexibility index (Phi) is 4.64. The maximum absolute atomic E-state index is 13.1. The first-order valence-electron chi connectivity index (χ1n) is 12.6. The van der Waals surface area contributed by atoms with E-state index < -0.39 is 0 Å². The van der Waals surface area contributed by atoms with Gasteiger partial charge in [0, 0.05) is 40.8 Å². The van der Waals surface area contributed by atoms with Gasteiger partial charge in [-0.3, -0.25) is 9.78 Å². The van der Waals surface area contributed by atoms with Gasteiger partial charge in [-0.15, -0.1) is 11.5 Å². The first-order chi connectivity index (χ1) is 18.4. The van der Waals surface area contributed by atoms with Crippen LogP contribution in [0.15, 0.2) is 49.1 Å². The van der Waals surface area contributed by atoms with Crippen LogP contribution in [0.5, 0.6) is 0 Å². The number of carbonyl (C=O) groups is 1. The van der Waals surface area contributed by atoms with E-state index in [1.54, 1.807) is 7.05 Å². The number of carbonyl (C=O) groups excluding carboxylic acids is 1. The largest absolute Gasteiger partial charge is 0.383 e. The van der Waals surface area contributed by atoms with E-state index in [1.807, 2.05) is 30.5 Å². The van der Waals surface area contributed by atoms with Crippen molar-refractivity contribution < 1.29 is 4.79 Å². The first kappa shape index (κ1) is 22.4. The Labute approximate surface area is 218 Å². The molecule has 2 bridgehead atoms. The van der Waals surface area contributed by atoms with Gasteiger partial charge in [0.05, 0.1) is 17.1 Å². The van der Waals surface area contributed by atoms with Gasteiger partial charge in [0.1, 0.15) is 29.2 Å². The van der Waals surface area contributed by atoms with Crippen molar-refractivity contribution in [3.63, 3.8) is 0 Å². The van der Waals surface area contributed by atoms with Crippen LogP contribution < -0.4 is 11.1 Å². The molecule has 1 amide bonds. The fourth-order valence-electron chi connectivity index (χ4n) is 6.67. The Balaban J connectivity index is 1.37. The lowest BCUT2D eigenvalue weighted by molar-refractivity contribution is 0.0891. The van der Waals surface area contributed by atoms with Crippen LogP contribution in [0, 0.1) is 12.3 Å². The van der Waals surface area contributed by atoms with Crippen molar-refractivity contribution in [1.29, 1.82) is 0 Å². The zero-order valence-corrected chi connectivity index (χ0v) is 20.8. The molecule has 10 nitrogen and oxygen atoms in total. The molecular formula is C28H25N9O. The molecule has 0 aliphatic heterocycles. The third-order valence-corrected chi connectivity index (χ3v) is 8.40. The number of terminal acetylenes is 1. The Morgan fingerprint density at radius 2 is 1.95 bits per heavy atom. The maximum atomic E-state index is 13.1. The molecular weight excluding hydrogens is 478 g/mol. The molecule has 0 radical (unpaired) electrons. The molecule has 4 aromatic heterocycles. The van der Waals surface area contributed by atoms with Crippen LogP contribution in [-0.4, -0.2) is 46.0 Å². The summed E-state index contributed by atoms with van der Waals surface area (Å²) in [5, 5.41) is 12.8. The molecule has 10 heteroatoms. The number of nitrogens with zero attached hydrogens (tertiary/aromatic N) is 7. The van der Waals surface area contributed by atoms with Gasteiger partial charge in [-0.25, -0.2) is 14.6 Å². The van der Waals surface area contributed by atoms with Crippen molar-refractivity contribution in [2.45, 2.75) is 43.2 Å². The van der Waals surface area contributed by atoms with Gasteiger partial charge in [-0.2, -0.15) is 0 Å². The predicted octanol–water partition coefficient (Wildman–Crippen LogP) is 3.18. The lowest BCUT2D eigenvalue weighted by atomic mass is 9.90. The van der Waals surface area contributed by atoms with Crippen LogP contribution >= 0.6 is 0 Å². The minimum Gasteiger partial charge on any atom is -0.383 e. The van der Waals surface area contributed by atoms with Crippen LogP contribution in [0.25, 0.3) is 33.1 Å². The molecule has 0 atom stereocenters. The molecule has 0 saturated heterocycles. The number of aryl methyl sites for hydroxylation is 1. The second kappa shape index (κ2) is 7.86. The maximum Gasteiger partial charge on any atom is 0.271 e. The molecule has 38 heavy (non-hydrogen) atoms. The zero-order valence-electron chi connectivity index (χ0n) is 20.8. The third-order valence-electron chi connectivity index (χ3n) is 8.40. The van der Waals surface area contributed by atoms with Crippen molar-refractivity contribution in [3.8, 4) is 23.5 Å². The molecule has 1 aromatic carbocycles. The van der Waals surface area contributed by atoms with Gasteiger partial charge in [0.25, 0.3) is 5.91 Å². The first-order valence-corrected chi connectivity index (χ1v) is 12.6. The number of hydrogen-bond donors (Lipinski definition) is 2. The molecule has 2 saturated carbocycles. The molecule has 188 valence electrons. The average molecular weight is 504 g/mol. The summed E-state index contributed by atoms with van der Waals surface area (Å²) < 4.78 is 3.68. The van der Waals surface area contributed by atoms with E-state index in [2.05, 4.69) is 42.2 Å². The number of nitrogen functional groups attached to an aromatic ring is 1. The summed E-state index contributed by atoms with van der Waals surface area (Å²) in [5.41, 5.74) is 10.3. The summed E-state index contributed by atoms with van der Waals surface area (Å²) in [6.07, 6.45) is 15.2. The minimum atomic E-state index is -0.340. The number of nitrogens with one attached hydrogen (secondary N) is 1. The van der Waals surface area contributed by atoms with E-state index in [-0.39, 0.29) is 17.0 Å². The number of pyridine rings is 1. The number of fused-ring (bicyclic) bond motifs is 4. The highest BCUT2D eigenvalue weighted by molar-refractivity contribution is 6.04. The molecule has 2 fully saturated rings. The highest BCUT2D eigenvalue weighted by Crippen LogP contribution is 2.57. The van der Waals surface area contributed by atoms with Gasteiger partial charge < -0.3 is 15.6 Å². The monoisotopic (exact) mass is 503 g/mol. The van der Waals surface area contributed by atoms with E-state index in [1.165, 1.54) is 17.2 Å². The SMILES string of the molecule is C#Cc1c(-c2cnc3ccccc3c2)c2c(N)ncnc2n1C12CCC(NC(=O)c3cnnn3C)(CC1)C2. The predicted molar refractivity (Wildman–Crippen MR) is 143 cm³/mol. The Bertz CT molecular complexity index is 1800. The lowest BCUT2D eigenvalue weighted by Gasteiger charge is -2.30. The molecule has 7 rings (SSSR count). The van der Waals surface area contributed by atoms with Gasteiger partial charge in [-0.1, -0.05) is 29.3 Å². The van der Waals surface area contributed by atoms with E-state index in [0.717, 1.165) is 59.5 Å². The van der Waals surface area contributed by atoms with E-state index in [4.69, 9.17) is 17.1 Å². The molecule has 4 heterocycles. The van der Waals surface area contributed by atoms with Gasteiger partial charge in [0.2, 0.25) is 0 Å². The standard InChI is InChI=1S/C28H25N9O/c1-3-20-22(18-12-17-6-4-5-7-19(17)30-13-18)23-24(29)31-16-32-25(23)37(20)28-10-8-27(15-28,9-11-28)34-26(38)21-14-33-35-36(21)2/h1,4-7,12-14,16H,8-11,15H2,2H3,(H,34,38)(H2,29,31,32). The third kappa shape index (κ3) is 3.08. The van der Waals surface area contributed by atoms with Crippen molar-refractivity contribution in [1.82, 2.24) is 39.8 Å². The lowest BCUT2D eigenvalue weighted by Crippen LogP contribution is -2.45. The Hall–Kier alpha value is -4.78. The number of para-hydroxylation sites is 1. The molecule has 5 aromatic rings. The second-order valence-corrected chi connectivity index (χ2v) is 10.5. The summed E-state index contributed by atoms with van der Waals surface area (Å²) in [6.45, 7) is 0. The smallest absolute Gasteiger partial charge is 0.271 e. The second-order valence-electron chi connectivity index (χ2n) is 10.5. The van der Waals surface area contributed by atoms with Crippen LogP contribution in [0.3, 0.4) is 0 Å².